The van der Waals surface area contributed by atoms with Gasteiger partial charge in [-0.2, -0.15) is 0 Å². The molecule has 0 spiro atoms. The first-order valence-electron chi connectivity index (χ1n) is 9.52. The molecule has 0 fully saturated rings. The molecule has 2 aromatic carbocycles. The predicted octanol–water partition coefficient (Wildman–Crippen LogP) is 2.53. The van der Waals surface area contributed by atoms with Gasteiger partial charge in [-0.1, -0.05) is 23.8 Å². The van der Waals surface area contributed by atoms with Gasteiger partial charge in [0.15, 0.2) is 6.61 Å². The molecule has 1 unspecified atom stereocenters. The van der Waals surface area contributed by atoms with Gasteiger partial charge in [-0.3, -0.25) is 9.78 Å². The fraction of sp³-hybridized carbons (Fsp3) is 0.227. The normalized spacial score (nSPS) is 12.4. The number of fused-ring (bicyclic) bond motifs is 1. The van der Waals surface area contributed by atoms with Crippen molar-refractivity contribution < 1.29 is 22.7 Å². The van der Waals surface area contributed by atoms with Crippen molar-refractivity contribution in [2.75, 3.05) is 6.61 Å². The number of carbonyl (C=O) groups is 2. The molecule has 3 rings (SSSR count). The third kappa shape index (κ3) is 5.44. The van der Waals surface area contributed by atoms with Crippen molar-refractivity contribution in [2.45, 2.75) is 31.7 Å². The molecule has 1 aromatic heterocycles. The Morgan fingerprint density at radius 3 is 2.42 bits per heavy atom. The monoisotopic (exact) mass is 441 g/mol. The molecule has 31 heavy (non-hydrogen) atoms. The molecule has 3 aromatic rings. The number of nitrogens with one attached hydrogen (secondary N) is 1. The van der Waals surface area contributed by atoms with Crippen LogP contribution in [0.25, 0.3) is 10.9 Å². The van der Waals surface area contributed by atoms with Crippen molar-refractivity contribution >= 4 is 32.8 Å². The first kappa shape index (κ1) is 22.4. The number of pyridine rings is 1. The van der Waals surface area contributed by atoms with Crippen LogP contribution in [0.2, 0.25) is 0 Å². The average molecular weight is 442 g/mol. The van der Waals surface area contributed by atoms with Crippen LogP contribution in [0.4, 0.5) is 0 Å². The Hall–Kier alpha value is -3.30. The van der Waals surface area contributed by atoms with Gasteiger partial charge in [0.05, 0.1) is 27.7 Å². The van der Waals surface area contributed by atoms with E-state index in [0.29, 0.717) is 16.8 Å². The number of carbonyl (C=O) groups excluding carboxylic acids is 2. The number of aromatic nitrogens is 1. The van der Waals surface area contributed by atoms with E-state index in [4.69, 9.17) is 9.88 Å². The Balaban J connectivity index is 1.62. The SMILES string of the molecule is Cc1ccc2nc(C)c(C(=O)OCC(=O)NC(C)c3ccc(S(N)(=O)=O)cc3)cc2c1. The maximum atomic E-state index is 12.5. The number of benzene rings is 2. The number of ether oxygens (including phenoxy) is 1. The fourth-order valence-electron chi connectivity index (χ4n) is 3.12. The highest BCUT2D eigenvalue weighted by atomic mass is 32.2. The van der Waals surface area contributed by atoms with E-state index in [1.807, 2.05) is 25.1 Å². The molecule has 0 bridgehead atoms. The fourth-order valence-corrected chi connectivity index (χ4v) is 3.64. The molecule has 0 saturated carbocycles. The van der Waals surface area contributed by atoms with E-state index >= 15 is 0 Å². The number of nitrogens with zero attached hydrogens (tertiary/aromatic N) is 1. The van der Waals surface area contributed by atoms with Gasteiger partial charge in [-0.25, -0.2) is 18.4 Å². The van der Waals surface area contributed by atoms with Gasteiger partial charge < -0.3 is 10.1 Å². The highest BCUT2D eigenvalue weighted by Crippen LogP contribution is 2.19. The van der Waals surface area contributed by atoms with Crippen molar-refractivity contribution in [2.24, 2.45) is 5.14 Å². The smallest absolute Gasteiger partial charge is 0.340 e. The van der Waals surface area contributed by atoms with E-state index in [0.717, 1.165) is 16.5 Å². The molecule has 1 heterocycles. The number of primary sulfonamides is 1. The Kier molecular flexibility index (Phi) is 6.37. The zero-order valence-electron chi connectivity index (χ0n) is 17.4. The molecule has 9 heteroatoms. The third-order valence-corrected chi connectivity index (χ3v) is 5.73. The number of nitrogens with two attached hydrogens (primary N) is 1. The molecular formula is C22H23N3O5S. The number of aryl methyl sites for hydroxylation is 2. The van der Waals surface area contributed by atoms with Crippen LogP contribution >= 0.6 is 0 Å². The second-order valence-corrected chi connectivity index (χ2v) is 8.86. The van der Waals surface area contributed by atoms with Gasteiger partial charge in [0.2, 0.25) is 10.0 Å². The summed E-state index contributed by atoms with van der Waals surface area (Å²) in [5.74, 6) is -1.12. The lowest BCUT2D eigenvalue weighted by atomic mass is 10.1. The first-order chi connectivity index (χ1) is 14.5. The summed E-state index contributed by atoms with van der Waals surface area (Å²) >= 11 is 0. The third-order valence-electron chi connectivity index (χ3n) is 4.80. The van der Waals surface area contributed by atoms with Crippen LogP contribution in [-0.2, 0) is 19.6 Å². The summed E-state index contributed by atoms with van der Waals surface area (Å²) in [5, 5.41) is 8.60. The lowest BCUT2D eigenvalue weighted by Gasteiger charge is -2.15. The van der Waals surface area contributed by atoms with E-state index in [9.17, 15) is 18.0 Å². The number of rotatable bonds is 6. The molecule has 0 radical (unpaired) electrons. The highest BCUT2D eigenvalue weighted by Gasteiger charge is 2.17. The molecule has 1 atom stereocenters. The number of esters is 1. The average Bonchev–Trinajstić information content (AvgIpc) is 2.71. The van der Waals surface area contributed by atoms with Crippen LogP contribution in [0, 0.1) is 13.8 Å². The minimum atomic E-state index is -3.78. The molecular weight excluding hydrogens is 418 g/mol. The summed E-state index contributed by atoms with van der Waals surface area (Å²) in [4.78, 5) is 29.1. The summed E-state index contributed by atoms with van der Waals surface area (Å²) in [5.41, 5.74) is 3.32. The standard InChI is InChI=1S/C22H23N3O5S/c1-13-4-9-20-17(10-13)11-19(15(3)24-20)22(27)30-12-21(26)25-14(2)16-5-7-18(8-6-16)31(23,28)29/h4-11,14H,12H2,1-3H3,(H,25,26)(H2,23,28,29). The van der Waals surface area contributed by atoms with Crippen LogP contribution in [0.15, 0.2) is 53.4 Å². The van der Waals surface area contributed by atoms with Crippen LogP contribution < -0.4 is 10.5 Å². The first-order valence-corrected chi connectivity index (χ1v) is 11.1. The second-order valence-electron chi connectivity index (χ2n) is 7.30. The van der Waals surface area contributed by atoms with Crippen molar-refractivity contribution in [3.63, 3.8) is 0 Å². The lowest BCUT2D eigenvalue weighted by molar-refractivity contribution is -0.124. The molecule has 0 aliphatic rings. The number of amides is 1. The summed E-state index contributed by atoms with van der Waals surface area (Å²) < 4.78 is 27.8. The lowest BCUT2D eigenvalue weighted by Crippen LogP contribution is -2.31. The Morgan fingerprint density at radius 1 is 1.10 bits per heavy atom. The maximum absolute atomic E-state index is 12.5. The quantitative estimate of drug-likeness (QED) is 0.566. The van der Waals surface area contributed by atoms with E-state index in [1.54, 1.807) is 32.0 Å². The zero-order chi connectivity index (χ0) is 22.8. The van der Waals surface area contributed by atoms with Crippen molar-refractivity contribution in [1.82, 2.24) is 10.3 Å². The van der Waals surface area contributed by atoms with Crippen molar-refractivity contribution in [3.05, 3.63) is 70.9 Å². The van der Waals surface area contributed by atoms with Gasteiger partial charge in [0, 0.05) is 5.39 Å². The minimum Gasteiger partial charge on any atom is -0.452 e. The second kappa shape index (κ2) is 8.83. The molecule has 8 nitrogen and oxygen atoms in total. The number of sulfonamides is 1. The van der Waals surface area contributed by atoms with Crippen molar-refractivity contribution in [1.29, 1.82) is 0 Å². The molecule has 3 N–H and O–H groups in total. The topological polar surface area (TPSA) is 128 Å². The van der Waals surface area contributed by atoms with Crippen LogP contribution in [-0.4, -0.2) is 31.9 Å². The molecule has 1 amide bonds. The largest absolute Gasteiger partial charge is 0.452 e. The van der Waals surface area contributed by atoms with Gasteiger partial charge in [0.25, 0.3) is 5.91 Å². The van der Waals surface area contributed by atoms with Gasteiger partial charge in [-0.15, -0.1) is 0 Å². The summed E-state index contributed by atoms with van der Waals surface area (Å²) in [6.07, 6.45) is 0. The van der Waals surface area contributed by atoms with Crippen LogP contribution in [0.5, 0.6) is 0 Å². The summed E-state index contributed by atoms with van der Waals surface area (Å²) in [7, 11) is -3.78. The summed E-state index contributed by atoms with van der Waals surface area (Å²) in [6, 6.07) is 12.9. The van der Waals surface area contributed by atoms with Gasteiger partial charge in [0.1, 0.15) is 0 Å². The number of hydrogen-bond donors (Lipinski definition) is 2. The van der Waals surface area contributed by atoms with E-state index in [-0.39, 0.29) is 4.90 Å². The molecule has 162 valence electrons. The van der Waals surface area contributed by atoms with E-state index in [1.165, 1.54) is 12.1 Å². The van der Waals surface area contributed by atoms with Crippen LogP contribution in [0.1, 0.15) is 40.1 Å². The Morgan fingerprint density at radius 2 is 1.77 bits per heavy atom. The van der Waals surface area contributed by atoms with Crippen molar-refractivity contribution in [3.8, 4) is 0 Å². The van der Waals surface area contributed by atoms with Gasteiger partial charge >= 0.3 is 5.97 Å². The Labute approximate surface area is 180 Å². The molecule has 0 saturated heterocycles. The van der Waals surface area contributed by atoms with E-state index in [2.05, 4.69) is 10.3 Å². The predicted molar refractivity (Wildman–Crippen MR) is 116 cm³/mol. The highest BCUT2D eigenvalue weighted by molar-refractivity contribution is 7.89. The Bertz CT molecular complexity index is 1250. The molecule has 0 aliphatic heterocycles. The van der Waals surface area contributed by atoms with Crippen LogP contribution in [0.3, 0.4) is 0 Å². The summed E-state index contributed by atoms with van der Waals surface area (Å²) in [6.45, 7) is 4.93. The number of hydrogen-bond acceptors (Lipinski definition) is 6. The van der Waals surface area contributed by atoms with E-state index < -0.39 is 34.5 Å². The van der Waals surface area contributed by atoms with Gasteiger partial charge in [-0.05, 0) is 56.7 Å². The molecule has 0 aliphatic carbocycles. The minimum absolute atomic E-state index is 0.0155. The maximum Gasteiger partial charge on any atom is 0.340 e. The zero-order valence-corrected chi connectivity index (χ0v) is 18.2.